The molecule has 21 heavy (non-hydrogen) atoms. The Morgan fingerprint density at radius 2 is 2.05 bits per heavy atom. The van der Waals surface area contributed by atoms with Crippen molar-refractivity contribution in [1.29, 1.82) is 0 Å². The molecule has 114 valence electrons. The van der Waals surface area contributed by atoms with Crippen molar-refractivity contribution in [2.45, 2.75) is 45.6 Å². The summed E-state index contributed by atoms with van der Waals surface area (Å²) in [4.78, 5) is 18.1. The van der Waals surface area contributed by atoms with Gasteiger partial charge >= 0.3 is 5.97 Å². The van der Waals surface area contributed by atoms with Crippen molar-refractivity contribution in [1.82, 2.24) is 15.2 Å². The van der Waals surface area contributed by atoms with E-state index in [9.17, 15) is 4.79 Å². The van der Waals surface area contributed by atoms with Crippen LogP contribution in [-0.2, 0) is 9.53 Å². The summed E-state index contributed by atoms with van der Waals surface area (Å²) in [6, 6.07) is 7.35. The second kappa shape index (κ2) is 7.73. The smallest absolute Gasteiger partial charge is 0.335 e. The van der Waals surface area contributed by atoms with Crippen molar-refractivity contribution in [3.63, 3.8) is 0 Å². The Hall–Kier alpha value is -1.95. The molecule has 2 aromatic rings. The number of carbonyl (C=O) groups excluding carboxylic acids is 1. The molecule has 6 nitrogen and oxygen atoms in total. The Morgan fingerprint density at radius 3 is 2.86 bits per heavy atom. The number of unbranched alkanes of at least 4 members (excludes halogenated alkanes) is 2. The van der Waals surface area contributed by atoms with E-state index in [1.807, 2.05) is 38.1 Å². The van der Waals surface area contributed by atoms with Crippen LogP contribution in [0.25, 0.3) is 11.0 Å². The van der Waals surface area contributed by atoms with Gasteiger partial charge in [0.15, 0.2) is 0 Å². The van der Waals surface area contributed by atoms with Gasteiger partial charge in [0, 0.05) is 13.0 Å². The molecule has 0 aliphatic heterocycles. The first-order chi connectivity index (χ1) is 10.2. The molecule has 1 aromatic heterocycles. The fourth-order valence-corrected chi connectivity index (χ4v) is 1.92. The molecule has 0 unspecified atom stereocenters. The Labute approximate surface area is 124 Å². The quantitative estimate of drug-likeness (QED) is 0.552. The SMILES string of the molecule is CC(C)OCCCCCC(=O)On1nnc2ccccc21. The summed E-state index contributed by atoms with van der Waals surface area (Å²) in [7, 11) is 0. The molecule has 0 saturated heterocycles. The van der Waals surface area contributed by atoms with Gasteiger partial charge in [-0.3, -0.25) is 0 Å². The van der Waals surface area contributed by atoms with Crippen LogP contribution in [0.3, 0.4) is 0 Å². The van der Waals surface area contributed by atoms with Gasteiger partial charge in [0.25, 0.3) is 0 Å². The Bertz CT molecular complexity index is 580. The maximum Gasteiger partial charge on any atom is 0.335 e. The average Bonchev–Trinajstić information content (AvgIpc) is 2.86. The minimum atomic E-state index is -0.296. The molecule has 0 saturated carbocycles. The highest BCUT2D eigenvalue weighted by Crippen LogP contribution is 2.09. The first kappa shape index (κ1) is 15.4. The van der Waals surface area contributed by atoms with Crippen LogP contribution in [0.1, 0.15) is 39.5 Å². The fourth-order valence-electron chi connectivity index (χ4n) is 1.92. The zero-order chi connectivity index (χ0) is 15.1. The maximum atomic E-state index is 11.8. The fraction of sp³-hybridized carbons (Fsp3) is 0.533. The van der Waals surface area contributed by atoms with Crippen LogP contribution >= 0.6 is 0 Å². The number of para-hydroxylation sites is 1. The predicted molar refractivity (Wildman–Crippen MR) is 78.7 cm³/mol. The van der Waals surface area contributed by atoms with Crippen molar-refractivity contribution in [3.8, 4) is 0 Å². The van der Waals surface area contributed by atoms with Crippen LogP contribution in [0.15, 0.2) is 24.3 Å². The monoisotopic (exact) mass is 291 g/mol. The summed E-state index contributed by atoms with van der Waals surface area (Å²) in [5.41, 5.74) is 1.40. The molecule has 0 N–H and O–H groups in total. The number of fused-ring (bicyclic) bond motifs is 1. The van der Waals surface area contributed by atoms with Gasteiger partial charge < -0.3 is 9.57 Å². The van der Waals surface area contributed by atoms with Crippen LogP contribution in [0.4, 0.5) is 0 Å². The van der Waals surface area contributed by atoms with Crippen LogP contribution in [0.2, 0.25) is 0 Å². The van der Waals surface area contributed by atoms with Crippen LogP contribution < -0.4 is 4.84 Å². The van der Waals surface area contributed by atoms with Crippen LogP contribution in [-0.4, -0.2) is 33.8 Å². The normalized spacial score (nSPS) is 11.2. The summed E-state index contributed by atoms with van der Waals surface area (Å²) in [6.45, 7) is 4.76. The lowest BCUT2D eigenvalue weighted by Crippen LogP contribution is -2.20. The van der Waals surface area contributed by atoms with Gasteiger partial charge in [0.1, 0.15) is 11.0 Å². The first-order valence-electron chi connectivity index (χ1n) is 7.30. The van der Waals surface area contributed by atoms with Crippen molar-refractivity contribution in [2.24, 2.45) is 0 Å². The van der Waals surface area contributed by atoms with Gasteiger partial charge in [-0.05, 0) is 44.0 Å². The number of benzene rings is 1. The molecule has 0 atom stereocenters. The third-order valence-corrected chi connectivity index (χ3v) is 2.99. The van der Waals surface area contributed by atoms with E-state index < -0.39 is 0 Å². The number of aromatic nitrogens is 3. The highest BCUT2D eigenvalue weighted by Gasteiger charge is 2.09. The zero-order valence-electron chi connectivity index (χ0n) is 12.5. The lowest BCUT2D eigenvalue weighted by atomic mass is 10.2. The van der Waals surface area contributed by atoms with Crippen LogP contribution in [0, 0.1) is 0 Å². The molecule has 0 amide bonds. The summed E-state index contributed by atoms with van der Waals surface area (Å²) >= 11 is 0. The average molecular weight is 291 g/mol. The van der Waals surface area contributed by atoms with E-state index in [1.165, 1.54) is 4.85 Å². The van der Waals surface area contributed by atoms with E-state index in [4.69, 9.17) is 9.57 Å². The lowest BCUT2D eigenvalue weighted by molar-refractivity contribution is -0.145. The van der Waals surface area contributed by atoms with E-state index in [0.29, 0.717) is 17.5 Å². The summed E-state index contributed by atoms with van der Waals surface area (Å²) in [5.74, 6) is -0.296. The second-order valence-electron chi connectivity index (χ2n) is 5.14. The molecular formula is C15H21N3O3. The number of carbonyl (C=O) groups is 1. The van der Waals surface area contributed by atoms with E-state index in [2.05, 4.69) is 10.3 Å². The van der Waals surface area contributed by atoms with Gasteiger partial charge in [0.2, 0.25) is 0 Å². The van der Waals surface area contributed by atoms with Crippen molar-refractivity contribution >= 4 is 17.0 Å². The first-order valence-corrected chi connectivity index (χ1v) is 7.30. The molecule has 0 bridgehead atoms. The minimum Gasteiger partial charge on any atom is -0.379 e. The number of hydrogen-bond acceptors (Lipinski definition) is 5. The van der Waals surface area contributed by atoms with Crippen LogP contribution in [0.5, 0.6) is 0 Å². The van der Waals surface area contributed by atoms with E-state index in [0.717, 1.165) is 25.9 Å². The van der Waals surface area contributed by atoms with Gasteiger partial charge in [0.05, 0.1) is 6.10 Å². The highest BCUT2D eigenvalue weighted by atomic mass is 16.7. The van der Waals surface area contributed by atoms with Crippen molar-refractivity contribution in [2.75, 3.05) is 6.61 Å². The van der Waals surface area contributed by atoms with Gasteiger partial charge in [-0.1, -0.05) is 23.4 Å². The van der Waals surface area contributed by atoms with E-state index >= 15 is 0 Å². The number of rotatable bonds is 8. The van der Waals surface area contributed by atoms with Crippen molar-refractivity contribution in [3.05, 3.63) is 24.3 Å². The molecule has 1 heterocycles. The van der Waals surface area contributed by atoms with E-state index in [-0.39, 0.29) is 12.1 Å². The van der Waals surface area contributed by atoms with Gasteiger partial charge in [-0.2, -0.15) is 0 Å². The van der Waals surface area contributed by atoms with Crippen molar-refractivity contribution < 1.29 is 14.4 Å². The molecule has 0 aliphatic rings. The molecular weight excluding hydrogens is 270 g/mol. The number of nitrogens with zero attached hydrogens (tertiary/aromatic N) is 3. The zero-order valence-corrected chi connectivity index (χ0v) is 12.5. The standard InChI is InChI=1S/C15H21N3O3/c1-12(2)20-11-7-3-4-10-15(19)21-18-14-9-6-5-8-13(14)16-17-18/h5-6,8-9,12H,3-4,7,10-11H2,1-2H3. The maximum absolute atomic E-state index is 11.8. The Balaban J connectivity index is 1.70. The molecule has 0 aliphatic carbocycles. The minimum absolute atomic E-state index is 0.260. The summed E-state index contributed by atoms with van der Waals surface area (Å²) in [6.07, 6.45) is 3.32. The highest BCUT2D eigenvalue weighted by molar-refractivity contribution is 5.75. The van der Waals surface area contributed by atoms with E-state index in [1.54, 1.807) is 0 Å². The number of ether oxygens (including phenoxy) is 1. The third-order valence-electron chi connectivity index (χ3n) is 2.99. The van der Waals surface area contributed by atoms with Gasteiger partial charge in [-0.25, -0.2) is 4.79 Å². The Kier molecular flexibility index (Phi) is 5.68. The molecule has 0 spiro atoms. The molecule has 2 rings (SSSR count). The summed E-state index contributed by atoms with van der Waals surface area (Å²) in [5, 5.41) is 7.74. The molecule has 1 aromatic carbocycles. The molecule has 6 heteroatoms. The topological polar surface area (TPSA) is 66.2 Å². The third kappa shape index (κ3) is 4.82. The Morgan fingerprint density at radius 1 is 1.24 bits per heavy atom. The lowest BCUT2D eigenvalue weighted by Gasteiger charge is -2.06. The molecule has 0 fully saturated rings. The molecule has 0 radical (unpaired) electrons. The summed E-state index contributed by atoms with van der Waals surface area (Å²) < 4.78 is 5.44. The number of hydrogen-bond donors (Lipinski definition) is 0. The largest absolute Gasteiger partial charge is 0.379 e. The van der Waals surface area contributed by atoms with Gasteiger partial charge in [-0.15, -0.1) is 5.10 Å². The second-order valence-corrected chi connectivity index (χ2v) is 5.14. The predicted octanol–water partition coefficient (Wildman–Crippen LogP) is 2.37.